The molecule has 0 bridgehead atoms. The molecule has 1 unspecified atom stereocenters. The Bertz CT molecular complexity index is 750. The number of hydrogen-bond acceptors (Lipinski definition) is 6. The molecule has 0 aliphatic carbocycles. The molecule has 2 aromatic heterocycles. The minimum Gasteiger partial charge on any atom is -0.479 e. The lowest BCUT2D eigenvalue weighted by atomic mass is 10.0. The first kappa shape index (κ1) is 13.5. The third kappa shape index (κ3) is 2.34. The summed E-state index contributed by atoms with van der Waals surface area (Å²) in [4.78, 5) is 22.9. The molecule has 3 heterocycles. The molecular weight excluding hydrogens is 288 g/mol. The van der Waals surface area contributed by atoms with Gasteiger partial charge in [-0.25, -0.2) is 14.8 Å². The molecule has 106 valence electrons. The number of aliphatic carboxylic acids is 1. The number of carboxylic acid groups (broad SMARTS) is 1. The molecule has 3 rings (SSSR count). The van der Waals surface area contributed by atoms with Gasteiger partial charge in [-0.2, -0.15) is 5.26 Å². The average Bonchev–Trinajstić information content (AvgIpc) is 2.93. The number of rotatable bonds is 2. The van der Waals surface area contributed by atoms with E-state index in [1.54, 1.807) is 29.2 Å². The summed E-state index contributed by atoms with van der Waals surface area (Å²) in [5.74, 6) is -0.631. The second-order valence-electron chi connectivity index (χ2n) is 4.79. The van der Waals surface area contributed by atoms with Crippen LogP contribution in [-0.2, 0) is 11.2 Å². The summed E-state index contributed by atoms with van der Waals surface area (Å²) in [5.41, 5.74) is 1.69. The van der Waals surface area contributed by atoms with Gasteiger partial charge in [-0.3, -0.25) is 0 Å². The molecule has 7 heteroatoms. The maximum Gasteiger partial charge on any atom is 0.331 e. The van der Waals surface area contributed by atoms with Crippen molar-refractivity contribution < 1.29 is 9.90 Å². The molecule has 1 aliphatic rings. The Morgan fingerprint density at radius 1 is 1.57 bits per heavy atom. The Balaban J connectivity index is 2.08. The third-order valence-corrected chi connectivity index (χ3v) is 4.41. The van der Waals surface area contributed by atoms with Crippen LogP contribution in [0.15, 0.2) is 17.5 Å². The highest BCUT2D eigenvalue weighted by Crippen LogP contribution is 2.35. The second-order valence-corrected chi connectivity index (χ2v) is 5.79. The highest BCUT2D eigenvalue weighted by atomic mass is 32.1. The van der Waals surface area contributed by atoms with Crippen molar-refractivity contribution in [1.29, 1.82) is 5.26 Å². The van der Waals surface area contributed by atoms with E-state index in [-0.39, 0.29) is 5.69 Å². The maximum absolute atomic E-state index is 11.7. The van der Waals surface area contributed by atoms with Gasteiger partial charge in [-0.1, -0.05) is 0 Å². The van der Waals surface area contributed by atoms with E-state index in [2.05, 4.69) is 9.97 Å². The van der Waals surface area contributed by atoms with Crippen molar-refractivity contribution in [2.24, 2.45) is 0 Å². The molecule has 1 atom stereocenters. The molecular formula is C14H12N4O2S. The van der Waals surface area contributed by atoms with Crippen LogP contribution in [0.25, 0.3) is 0 Å². The zero-order chi connectivity index (χ0) is 15.0. The molecule has 21 heavy (non-hydrogen) atoms. The van der Waals surface area contributed by atoms with Crippen molar-refractivity contribution in [3.63, 3.8) is 0 Å². The second kappa shape index (κ2) is 5.14. The zero-order valence-electron chi connectivity index (χ0n) is 11.3. The maximum atomic E-state index is 11.7. The SMILES string of the molecule is Cc1cc(C#N)nc(N2CCc3sccc3C2C(=O)O)n1. The molecule has 6 nitrogen and oxygen atoms in total. The lowest BCUT2D eigenvalue weighted by molar-refractivity contribution is -0.138. The van der Waals surface area contributed by atoms with Crippen LogP contribution in [-0.4, -0.2) is 27.6 Å². The third-order valence-electron chi connectivity index (χ3n) is 3.41. The fourth-order valence-electron chi connectivity index (χ4n) is 2.54. The lowest BCUT2D eigenvalue weighted by Crippen LogP contribution is -2.40. The number of nitriles is 1. The predicted octanol–water partition coefficient (Wildman–Crippen LogP) is 1.91. The molecule has 0 radical (unpaired) electrons. The number of nitrogens with zero attached hydrogens (tertiary/aromatic N) is 4. The van der Waals surface area contributed by atoms with E-state index in [1.165, 1.54) is 0 Å². The summed E-state index contributed by atoms with van der Waals surface area (Å²) in [7, 11) is 0. The predicted molar refractivity (Wildman–Crippen MR) is 77.2 cm³/mol. The van der Waals surface area contributed by atoms with Crippen molar-refractivity contribution in [2.45, 2.75) is 19.4 Å². The van der Waals surface area contributed by atoms with Crippen LogP contribution in [0.4, 0.5) is 5.95 Å². The van der Waals surface area contributed by atoms with Crippen LogP contribution in [0.5, 0.6) is 0 Å². The van der Waals surface area contributed by atoms with Crippen LogP contribution in [0.3, 0.4) is 0 Å². The van der Waals surface area contributed by atoms with Gasteiger partial charge in [0.25, 0.3) is 0 Å². The number of aryl methyl sites for hydroxylation is 1. The molecule has 0 amide bonds. The van der Waals surface area contributed by atoms with Crippen molar-refractivity contribution in [2.75, 3.05) is 11.4 Å². The fraction of sp³-hybridized carbons (Fsp3) is 0.286. The summed E-state index contributed by atoms with van der Waals surface area (Å²) in [5, 5.41) is 20.5. The van der Waals surface area contributed by atoms with Gasteiger partial charge in [-0.15, -0.1) is 11.3 Å². The number of hydrogen-bond donors (Lipinski definition) is 1. The summed E-state index contributed by atoms with van der Waals surface area (Å²) < 4.78 is 0. The van der Waals surface area contributed by atoms with Crippen LogP contribution < -0.4 is 4.90 Å². The van der Waals surface area contributed by atoms with Gasteiger partial charge in [0.15, 0.2) is 6.04 Å². The minimum atomic E-state index is -0.932. The van der Waals surface area contributed by atoms with Gasteiger partial charge in [0.05, 0.1) is 0 Å². The number of aromatic nitrogens is 2. The molecule has 0 saturated carbocycles. The van der Waals surface area contributed by atoms with Crippen LogP contribution in [0.1, 0.15) is 27.9 Å². The summed E-state index contributed by atoms with van der Waals surface area (Å²) >= 11 is 1.57. The normalized spacial score (nSPS) is 17.1. The Labute approximate surface area is 125 Å². The van der Waals surface area contributed by atoms with Crippen molar-refractivity contribution in [1.82, 2.24) is 9.97 Å². The standard InChI is InChI=1S/C14H12N4O2S/c1-8-6-9(7-15)17-14(16-8)18-4-2-11-10(3-5-21-11)12(18)13(19)20/h3,5-6,12H,2,4H2,1H3,(H,19,20). The number of thiophene rings is 1. The first-order valence-corrected chi connectivity index (χ1v) is 7.29. The van der Waals surface area contributed by atoms with Gasteiger partial charge in [-0.05, 0) is 36.4 Å². The first-order chi connectivity index (χ1) is 10.1. The topological polar surface area (TPSA) is 90.1 Å². The Hall–Kier alpha value is -2.46. The van der Waals surface area contributed by atoms with E-state index in [0.717, 1.165) is 16.9 Å². The summed E-state index contributed by atoms with van der Waals surface area (Å²) in [6.45, 7) is 2.29. The number of carboxylic acids is 1. The largest absolute Gasteiger partial charge is 0.479 e. The van der Waals surface area contributed by atoms with Crippen molar-refractivity contribution >= 4 is 23.3 Å². The molecule has 0 saturated heterocycles. The number of carbonyl (C=O) groups is 1. The summed E-state index contributed by atoms with van der Waals surface area (Å²) in [6.07, 6.45) is 0.760. The van der Waals surface area contributed by atoms with Gasteiger partial charge < -0.3 is 10.0 Å². The van der Waals surface area contributed by atoms with Crippen LogP contribution in [0.2, 0.25) is 0 Å². The monoisotopic (exact) mass is 300 g/mol. The van der Waals surface area contributed by atoms with E-state index >= 15 is 0 Å². The Morgan fingerprint density at radius 2 is 2.38 bits per heavy atom. The van der Waals surface area contributed by atoms with Crippen molar-refractivity contribution in [3.05, 3.63) is 39.3 Å². The van der Waals surface area contributed by atoms with E-state index < -0.39 is 12.0 Å². The van der Waals surface area contributed by atoms with E-state index in [1.807, 2.05) is 17.5 Å². The minimum absolute atomic E-state index is 0.248. The molecule has 2 aromatic rings. The van der Waals surface area contributed by atoms with E-state index in [9.17, 15) is 9.90 Å². The van der Waals surface area contributed by atoms with E-state index in [4.69, 9.17) is 5.26 Å². The highest BCUT2D eigenvalue weighted by Gasteiger charge is 2.35. The molecule has 1 N–H and O–H groups in total. The molecule has 0 aromatic carbocycles. The van der Waals surface area contributed by atoms with Crippen LogP contribution >= 0.6 is 11.3 Å². The number of fused-ring (bicyclic) bond motifs is 1. The van der Waals surface area contributed by atoms with E-state index in [0.29, 0.717) is 18.2 Å². The smallest absolute Gasteiger partial charge is 0.331 e. The molecule has 0 fully saturated rings. The van der Waals surface area contributed by atoms with Crippen molar-refractivity contribution in [3.8, 4) is 6.07 Å². The zero-order valence-corrected chi connectivity index (χ0v) is 12.1. The van der Waals surface area contributed by atoms with Crippen LogP contribution in [0, 0.1) is 18.3 Å². The lowest BCUT2D eigenvalue weighted by Gasteiger charge is -2.33. The average molecular weight is 300 g/mol. The Morgan fingerprint density at radius 3 is 3.10 bits per heavy atom. The van der Waals surface area contributed by atoms with Gasteiger partial charge in [0.2, 0.25) is 5.95 Å². The number of anilines is 1. The molecule has 1 aliphatic heterocycles. The van der Waals surface area contributed by atoms with Gasteiger partial charge in [0.1, 0.15) is 11.8 Å². The Kier molecular flexibility index (Phi) is 3.31. The quantitative estimate of drug-likeness (QED) is 0.911. The highest BCUT2D eigenvalue weighted by molar-refractivity contribution is 7.10. The van der Waals surface area contributed by atoms with Gasteiger partial charge in [0, 0.05) is 17.1 Å². The first-order valence-electron chi connectivity index (χ1n) is 6.41. The fourth-order valence-corrected chi connectivity index (χ4v) is 3.44. The van der Waals surface area contributed by atoms with Gasteiger partial charge >= 0.3 is 5.97 Å². The molecule has 0 spiro atoms. The summed E-state index contributed by atoms with van der Waals surface area (Å²) in [6, 6.07) is 4.61.